The summed E-state index contributed by atoms with van der Waals surface area (Å²) < 4.78 is 26.8. The minimum Gasteiger partial charge on any atom is -0.338 e. The summed E-state index contributed by atoms with van der Waals surface area (Å²) in [7, 11) is -3.66. The van der Waals surface area contributed by atoms with Crippen LogP contribution in [-0.4, -0.2) is 56.4 Å². The van der Waals surface area contributed by atoms with Crippen LogP contribution in [-0.2, 0) is 16.4 Å². The third-order valence-corrected chi connectivity index (χ3v) is 7.85. The van der Waals surface area contributed by atoms with E-state index in [1.165, 1.54) is 27.4 Å². The Balaban J connectivity index is 1.53. The van der Waals surface area contributed by atoms with Crippen molar-refractivity contribution in [1.82, 2.24) is 14.5 Å². The van der Waals surface area contributed by atoms with Gasteiger partial charge in [-0.15, -0.1) is 11.3 Å². The number of nitrogens with one attached hydrogen (secondary N) is 1. The molecule has 1 N–H and O–H groups in total. The summed E-state index contributed by atoms with van der Waals surface area (Å²) in [5.41, 5.74) is 0. The first-order valence-electron chi connectivity index (χ1n) is 8.38. The maximum absolute atomic E-state index is 12.7. The van der Waals surface area contributed by atoms with Crippen LogP contribution in [0.1, 0.15) is 4.88 Å². The molecule has 6 nitrogen and oxygen atoms in total. The number of nitrogens with zero attached hydrogens (tertiary/aromatic N) is 2. The molecule has 0 unspecified atom stereocenters. The van der Waals surface area contributed by atoms with Crippen LogP contribution < -0.4 is 5.32 Å². The molecule has 0 atom stereocenters. The molecule has 146 valence electrons. The van der Waals surface area contributed by atoms with E-state index in [9.17, 15) is 13.2 Å². The third kappa shape index (κ3) is 4.94. The largest absolute Gasteiger partial charge is 0.338 e. The topological polar surface area (TPSA) is 69.7 Å². The lowest BCUT2D eigenvalue weighted by Crippen LogP contribution is -2.53. The molecular formula is C17H19Cl2N3O3S2. The summed E-state index contributed by atoms with van der Waals surface area (Å²) in [5, 5.41) is 5.39. The molecule has 2 amide bonds. The van der Waals surface area contributed by atoms with Crippen LogP contribution in [0.4, 0.5) is 4.79 Å². The molecule has 2 heterocycles. The van der Waals surface area contributed by atoms with Crippen molar-refractivity contribution in [3.05, 3.63) is 50.6 Å². The van der Waals surface area contributed by atoms with E-state index in [0.29, 0.717) is 24.7 Å². The van der Waals surface area contributed by atoms with E-state index in [-0.39, 0.29) is 29.0 Å². The normalized spacial score (nSPS) is 15.7. The second-order valence-electron chi connectivity index (χ2n) is 6.03. The van der Waals surface area contributed by atoms with Gasteiger partial charge in [0.1, 0.15) is 0 Å². The predicted molar refractivity (Wildman–Crippen MR) is 108 cm³/mol. The van der Waals surface area contributed by atoms with Crippen molar-refractivity contribution >= 4 is 50.6 Å². The van der Waals surface area contributed by atoms with Gasteiger partial charge in [0.05, 0.1) is 14.9 Å². The van der Waals surface area contributed by atoms with Crippen LogP contribution >= 0.6 is 34.5 Å². The molecule has 1 aromatic carbocycles. The number of benzene rings is 1. The number of hydrogen-bond donors (Lipinski definition) is 1. The molecule has 27 heavy (non-hydrogen) atoms. The van der Waals surface area contributed by atoms with E-state index in [1.807, 2.05) is 17.5 Å². The van der Waals surface area contributed by atoms with Crippen molar-refractivity contribution in [3.63, 3.8) is 0 Å². The monoisotopic (exact) mass is 447 g/mol. The second kappa shape index (κ2) is 8.79. The SMILES string of the molecule is O=C(NCCc1cccs1)N1CCN(S(=O)(=O)c2ccc(Cl)c(Cl)c2)CC1. The molecule has 10 heteroatoms. The quantitative estimate of drug-likeness (QED) is 0.763. The van der Waals surface area contributed by atoms with Gasteiger partial charge in [0.25, 0.3) is 0 Å². The number of urea groups is 1. The third-order valence-electron chi connectivity index (χ3n) is 4.28. The summed E-state index contributed by atoms with van der Waals surface area (Å²) >= 11 is 13.4. The van der Waals surface area contributed by atoms with Gasteiger partial charge < -0.3 is 10.2 Å². The van der Waals surface area contributed by atoms with Gasteiger partial charge in [-0.05, 0) is 36.1 Å². The van der Waals surface area contributed by atoms with Crippen LogP contribution in [0.25, 0.3) is 0 Å². The van der Waals surface area contributed by atoms with Crippen LogP contribution in [0.3, 0.4) is 0 Å². The summed E-state index contributed by atoms with van der Waals surface area (Å²) in [6.07, 6.45) is 0.787. The molecule has 1 aliphatic heterocycles. The van der Waals surface area contributed by atoms with Gasteiger partial charge in [-0.25, -0.2) is 13.2 Å². The van der Waals surface area contributed by atoms with Crippen molar-refractivity contribution in [2.24, 2.45) is 0 Å². The Labute approximate surface area is 172 Å². The molecular weight excluding hydrogens is 429 g/mol. The second-order valence-corrected chi connectivity index (χ2v) is 9.81. The van der Waals surface area contributed by atoms with Crippen LogP contribution in [0.5, 0.6) is 0 Å². The van der Waals surface area contributed by atoms with Crippen LogP contribution in [0.15, 0.2) is 40.6 Å². The zero-order valence-electron chi connectivity index (χ0n) is 14.4. The number of rotatable bonds is 5. The average molecular weight is 448 g/mol. The number of sulfonamides is 1. The highest BCUT2D eigenvalue weighted by Crippen LogP contribution is 2.27. The molecule has 2 aromatic rings. The molecule has 1 aromatic heterocycles. The van der Waals surface area contributed by atoms with E-state index in [1.54, 1.807) is 16.2 Å². The maximum atomic E-state index is 12.7. The number of carbonyl (C=O) groups is 1. The van der Waals surface area contributed by atoms with Gasteiger partial charge in [-0.3, -0.25) is 0 Å². The Morgan fingerprint density at radius 3 is 2.48 bits per heavy atom. The smallest absolute Gasteiger partial charge is 0.317 e. The minimum atomic E-state index is -3.66. The van der Waals surface area contributed by atoms with Gasteiger partial charge in [-0.2, -0.15) is 4.31 Å². The lowest BCUT2D eigenvalue weighted by Gasteiger charge is -2.34. The molecule has 3 rings (SSSR count). The Morgan fingerprint density at radius 2 is 1.85 bits per heavy atom. The first kappa shape index (κ1) is 20.4. The molecule has 0 bridgehead atoms. The molecule has 1 aliphatic rings. The summed E-state index contributed by atoms with van der Waals surface area (Å²) in [6.45, 7) is 1.71. The van der Waals surface area contributed by atoms with Crippen LogP contribution in [0, 0.1) is 0 Å². The lowest BCUT2D eigenvalue weighted by molar-refractivity contribution is 0.172. The van der Waals surface area contributed by atoms with E-state index in [4.69, 9.17) is 23.2 Å². The molecule has 0 saturated carbocycles. The zero-order valence-corrected chi connectivity index (χ0v) is 17.5. The highest BCUT2D eigenvalue weighted by molar-refractivity contribution is 7.89. The first-order chi connectivity index (χ1) is 12.9. The molecule has 1 saturated heterocycles. The Kier molecular flexibility index (Phi) is 6.65. The fraction of sp³-hybridized carbons (Fsp3) is 0.353. The van der Waals surface area contributed by atoms with Crippen molar-refractivity contribution in [2.75, 3.05) is 32.7 Å². The zero-order chi connectivity index (χ0) is 19.4. The molecule has 1 fully saturated rings. The van der Waals surface area contributed by atoms with Crippen molar-refractivity contribution in [1.29, 1.82) is 0 Å². The number of thiophene rings is 1. The maximum Gasteiger partial charge on any atom is 0.317 e. The van der Waals surface area contributed by atoms with Crippen molar-refractivity contribution in [3.8, 4) is 0 Å². The Bertz CT molecular complexity index is 896. The first-order valence-corrected chi connectivity index (χ1v) is 11.5. The molecule has 0 aliphatic carbocycles. The minimum absolute atomic E-state index is 0.103. The van der Waals surface area contributed by atoms with Gasteiger partial charge in [0, 0.05) is 37.6 Å². The van der Waals surface area contributed by atoms with Gasteiger partial charge in [0.2, 0.25) is 10.0 Å². The lowest BCUT2D eigenvalue weighted by atomic mass is 10.3. The highest BCUT2D eigenvalue weighted by Gasteiger charge is 2.30. The summed E-state index contributed by atoms with van der Waals surface area (Å²) in [4.78, 5) is 15.2. The number of halogens is 2. The van der Waals surface area contributed by atoms with E-state index in [2.05, 4.69) is 5.32 Å². The fourth-order valence-electron chi connectivity index (χ4n) is 2.78. The number of carbonyl (C=O) groups excluding carboxylic acids is 1. The van der Waals surface area contributed by atoms with Crippen molar-refractivity contribution in [2.45, 2.75) is 11.3 Å². The average Bonchev–Trinajstić information content (AvgIpc) is 3.17. The summed E-state index contributed by atoms with van der Waals surface area (Å²) in [5.74, 6) is 0. The number of hydrogen-bond acceptors (Lipinski definition) is 4. The Hall–Kier alpha value is -1.32. The van der Waals surface area contributed by atoms with Gasteiger partial charge in [0.15, 0.2) is 0 Å². The highest BCUT2D eigenvalue weighted by atomic mass is 35.5. The number of piperazine rings is 1. The van der Waals surface area contributed by atoms with E-state index < -0.39 is 10.0 Å². The van der Waals surface area contributed by atoms with Crippen LogP contribution in [0.2, 0.25) is 10.0 Å². The standard InChI is InChI=1S/C17H19Cl2N3O3S2/c18-15-4-3-14(12-16(15)19)27(24,25)22-9-7-21(8-10-22)17(23)20-6-5-13-2-1-11-26-13/h1-4,11-12H,5-10H2,(H,20,23). The van der Waals surface area contributed by atoms with Gasteiger partial charge >= 0.3 is 6.03 Å². The van der Waals surface area contributed by atoms with Crippen molar-refractivity contribution < 1.29 is 13.2 Å². The summed E-state index contributed by atoms with van der Waals surface area (Å²) in [6, 6.07) is 8.10. The van der Waals surface area contributed by atoms with E-state index >= 15 is 0 Å². The molecule has 0 spiro atoms. The number of amides is 2. The molecule has 0 radical (unpaired) electrons. The predicted octanol–water partition coefficient (Wildman–Crippen LogP) is 3.31. The fourth-order valence-corrected chi connectivity index (χ4v) is 5.30. The van der Waals surface area contributed by atoms with E-state index in [0.717, 1.165) is 6.42 Å². The van der Waals surface area contributed by atoms with Gasteiger partial charge in [-0.1, -0.05) is 29.3 Å². The Morgan fingerprint density at radius 1 is 1.11 bits per heavy atom.